The Labute approximate surface area is 170 Å². The SMILES string of the molecule is CC(=O)NCc1ccc(C(=O)COC(=O)[C@@H](C)N2C(=O)c3ccccc3C2=O)s1. The molecule has 0 spiro atoms. The molecule has 0 fully saturated rings. The summed E-state index contributed by atoms with van der Waals surface area (Å²) in [5.74, 6) is -2.57. The first-order valence-electron chi connectivity index (χ1n) is 8.79. The van der Waals surface area contributed by atoms with Crippen LogP contribution in [-0.2, 0) is 20.9 Å². The molecule has 1 atom stereocenters. The first-order chi connectivity index (χ1) is 13.8. The molecule has 3 amide bonds. The van der Waals surface area contributed by atoms with Gasteiger partial charge < -0.3 is 10.1 Å². The topological polar surface area (TPSA) is 110 Å². The van der Waals surface area contributed by atoms with Crippen LogP contribution in [0, 0.1) is 0 Å². The number of esters is 1. The van der Waals surface area contributed by atoms with Crippen molar-refractivity contribution in [2.24, 2.45) is 0 Å². The van der Waals surface area contributed by atoms with E-state index in [1.54, 1.807) is 24.3 Å². The minimum atomic E-state index is -1.16. The van der Waals surface area contributed by atoms with E-state index in [4.69, 9.17) is 4.74 Å². The fourth-order valence-corrected chi connectivity index (χ4v) is 3.70. The highest BCUT2D eigenvalue weighted by molar-refractivity contribution is 7.14. The van der Waals surface area contributed by atoms with E-state index in [-0.39, 0.29) is 17.0 Å². The lowest BCUT2D eigenvalue weighted by molar-refractivity contribution is -0.146. The Hall–Kier alpha value is -3.33. The fraction of sp³-hybridized carbons (Fsp3) is 0.250. The molecule has 1 aromatic carbocycles. The number of hydrogen-bond acceptors (Lipinski definition) is 7. The zero-order chi connectivity index (χ0) is 21.1. The quantitative estimate of drug-likeness (QED) is 0.420. The molecule has 2 aromatic rings. The minimum Gasteiger partial charge on any atom is -0.456 e. The van der Waals surface area contributed by atoms with E-state index in [0.717, 1.165) is 9.78 Å². The molecule has 1 N–H and O–H groups in total. The van der Waals surface area contributed by atoms with E-state index < -0.39 is 36.2 Å². The highest BCUT2D eigenvalue weighted by Gasteiger charge is 2.41. The second-order valence-electron chi connectivity index (χ2n) is 6.41. The van der Waals surface area contributed by atoms with Gasteiger partial charge in [-0.15, -0.1) is 11.3 Å². The Morgan fingerprint density at radius 1 is 1.07 bits per heavy atom. The Bertz CT molecular complexity index is 977. The third-order valence-electron chi connectivity index (χ3n) is 4.35. The highest BCUT2D eigenvalue weighted by atomic mass is 32.1. The van der Waals surface area contributed by atoms with Gasteiger partial charge in [-0.25, -0.2) is 4.79 Å². The van der Waals surface area contributed by atoms with E-state index >= 15 is 0 Å². The number of hydrogen-bond donors (Lipinski definition) is 1. The van der Waals surface area contributed by atoms with Crippen LogP contribution in [0.15, 0.2) is 36.4 Å². The van der Waals surface area contributed by atoms with Crippen molar-refractivity contribution in [3.05, 3.63) is 57.3 Å². The average Bonchev–Trinajstić information content (AvgIpc) is 3.27. The molecule has 0 aliphatic carbocycles. The van der Waals surface area contributed by atoms with Crippen LogP contribution < -0.4 is 5.32 Å². The number of benzene rings is 1. The maximum atomic E-state index is 12.4. The molecule has 2 heterocycles. The molecular formula is C20H18N2O6S. The monoisotopic (exact) mass is 414 g/mol. The summed E-state index contributed by atoms with van der Waals surface area (Å²) >= 11 is 1.19. The molecular weight excluding hydrogens is 396 g/mol. The number of imide groups is 1. The Morgan fingerprint density at radius 2 is 1.69 bits per heavy atom. The maximum Gasteiger partial charge on any atom is 0.329 e. The summed E-state index contributed by atoms with van der Waals surface area (Å²) in [6.45, 7) is 2.58. The zero-order valence-electron chi connectivity index (χ0n) is 15.8. The molecule has 0 bridgehead atoms. The lowest BCUT2D eigenvalue weighted by Gasteiger charge is -2.20. The lowest BCUT2D eigenvalue weighted by Crippen LogP contribution is -2.44. The summed E-state index contributed by atoms with van der Waals surface area (Å²) < 4.78 is 5.04. The predicted octanol–water partition coefficient (Wildman–Crippen LogP) is 1.79. The Kier molecular flexibility index (Phi) is 5.88. The minimum absolute atomic E-state index is 0.178. The van der Waals surface area contributed by atoms with Gasteiger partial charge in [-0.05, 0) is 31.2 Å². The van der Waals surface area contributed by atoms with Crippen molar-refractivity contribution in [1.82, 2.24) is 10.2 Å². The number of fused-ring (bicyclic) bond motifs is 1. The van der Waals surface area contributed by atoms with Gasteiger partial charge in [0.15, 0.2) is 6.61 Å². The van der Waals surface area contributed by atoms with Gasteiger partial charge in [0, 0.05) is 11.8 Å². The molecule has 1 aliphatic heterocycles. The van der Waals surface area contributed by atoms with Crippen molar-refractivity contribution in [2.75, 3.05) is 6.61 Å². The van der Waals surface area contributed by atoms with Crippen LogP contribution in [0.5, 0.6) is 0 Å². The van der Waals surface area contributed by atoms with Crippen LogP contribution in [-0.4, -0.2) is 47.0 Å². The van der Waals surface area contributed by atoms with Gasteiger partial charge in [-0.1, -0.05) is 12.1 Å². The Balaban J connectivity index is 1.58. The lowest BCUT2D eigenvalue weighted by atomic mass is 10.1. The van der Waals surface area contributed by atoms with Gasteiger partial charge in [-0.3, -0.25) is 24.1 Å². The molecule has 0 saturated carbocycles. The van der Waals surface area contributed by atoms with Crippen LogP contribution in [0.25, 0.3) is 0 Å². The van der Waals surface area contributed by atoms with Crippen LogP contribution in [0.1, 0.15) is 49.1 Å². The second kappa shape index (κ2) is 8.36. The van der Waals surface area contributed by atoms with Crippen molar-refractivity contribution in [3.63, 3.8) is 0 Å². The van der Waals surface area contributed by atoms with Crippen LogP contribution in [0.4, 0.5) is 0 Å². The fourth-order valence-electron chi connectivity index (χ4n) is 2.83. The molecule has 150 valence electrons. The summed E-state index contributed by atoms with van der Waals surface area (Å²) in [6.07, 6.45) is 0. The third kappa shape index (κ3) is 4.24. The van der Waals surface area contributed by atoms with Gasteiger partial charge >= 0.3 is 5.97 Å². The maximum absolute atomic E-state index is 12.4. The molecule has 0 saturated heterocycles. The molecule has 0 radical (unpaired) electrons. The number of carbonyl (C=O) groups excluding carboxylic acids is 5. The van der Waals surface area contributed by atoms with Gasteiger partial charge in [0.25, 0.3) is 11.8 Å². The number of carbonyl (C=O) groups is 5. The molecule has 1 aliphatic rings. The number of rotatable bonds is 7. The highest BCUT2D eigenvalue weighted by Crippen LogP contribution is 2.25. The van der Waals surface area contributed by atoms with Crippen molar-refractivity contribution in [1.29, 1.82) is 0 Å². The van der Waals surface area contributed by atoms with E-state index in [2.05, 4.69) is 5.32 Å². The predicted molar refractivity (Wildman–Crippen MR) is 104 cm³/mol. The molecule has 0 unspecified atom stereocenters. The standard InChI is InChI=1S/C20H18N2O6S/c1-11(22-18(25)14-5-3-4-6-15(14)19(22)26)20(27)28-10-16(24)17-8-7-13(29-17)9-21-12(2)23/h3-8,11H,9-10H2,1-2H3,(H,21,23)/t11-/m1/s1. The van der Waals surface area contributed by atoms with Gasteiger partial charge in [0.05, 0.1) is 22.5 Å². The number of ketones is 1. The van der Waals surface area contributed by atoms with E-state index in [0.29, 0.717) is 11.4 Å². The molecule has 1 aromatic heterocycles. The van der Waals surface area contributed by atoms with E-state index in [1.807, 2.05) is 0 Å². The van der Waals surface area contributed by atoms with Crippen molar-refractivity contribution in [2.45, 2.75) is 26.4 Å². The summed E-state index contributed by atoms with van der Waals surface area (Å²) in [5, 5.41) is 2.63. The van der Waals surface area contributed by atoms with Gasteiger partial charge in [0.2, 0.25) is 11.7 Å². The molecule has 8 nitrogen and oxygen atoms in total. The summed E-state index contributed by atoms with van der Waals surface area (Å²) in [7, 11) is 0. The van der Waals surface area contributed by atoms with Crippen molar-refractivity contribution >= 4 is 40.8 Å². The Morgan fingerprint density at radius 3 is 2.28 bits per heavy atom. The first-order valence-corrected chi connectivity index (χ1v) is 9.61. The van der Waals surface area contributed by atoms with Crippen molar-refractivity contribution in [3.8, 4) is 0 Å². The summed E-state index contributed by atoms with van der Waals surface area (Å²) in [5.41, 5.74) is 0.469. The largest absolute Gasteiger partial charge is 0.456 e. The second-order valence-corrected chi connectivity index (χ2v) is 7.58. The smallest absolute Gasteiger partial charge is 0.329 e. The number of Topliss-reactive ketones (excluding diaryl/α,β-unsaturated/α-hetero) is 1. The van der Waals surface area contributed by atoms with E-state index in [1.165, 1.54) is 37.3 Å². The molecule has 29 heavy (non-hydrogen) atoms. The van der Waals surface area contributed by atoms with Gasteiger partial charge in [-0.2, -0.15) is 0 Å². The van der Waals surface area contributed by atoms with Crippen molar-refractivity contribution < 1.29 is 28.7 Å². The zero-order valence-corrected chi connectivity index (χ0v) is 16.6. The summed E-state index contributed by atoms with van der Waals surface area (Å²) in [4.78, 5) is 62.4. The third-order valence-corrected chi connectivity index (χ3v) is 5.47. The molecule has 9 heteroatoms. The molecule has 3 rings (SSSR count). The van der Waals surface area contributed by atoms with Crippen LogP contribution >= 0.6 is 11.3 Å². The number of nitrogens with one attached hydrogen (secondary N) is 1. The van der Waals surface area contributed by atoms with Gasteiger partial charge in [0.1, 0.15) is 6.04 Å². The van der Waals surface area contributed by atoms with Crippen LogP contribution in [0.2, 0.25) is 0 Å². The van der Waals surface area contributed by atoms with Crippen LogP contribution in [0.3, 0.4) is 0 Å². The first kappa shape index (κ1) is 20.4. The normalized spacial score (nSPS) is 13.8. The number of ether oxygens (including phenoxy) is 1. The van der Waals surface area contributed by atoms with E-state index in [9.17, 15) is 24.0 Å². The number of amides is 3. The average molecular weight is 414 g/mol. The number of nitrogens with zero attached hydrogens (tertiary/aromatic N) is 1. The number of thiophene rings is 1. The summed E-state index contributed by atoms with van der Waals surface area (Å²) in [6, 6.07) is 8.45.